The normalized spacial score (nSPS) is 21.4. The Labute approximate surface area is 175 Å². The smallest absolute Gasteiger partial charge is 0.226 e. The lowest BCUT2D eigenvalue weighted by atomic mass is 10.1. The summed E-state index contributed by atoms with van der Waals surface area (Å²) in [4.78, 5) is 26.4. The van der Waals surface area contributed by atoms with Gasteiger partial charge in [0.15, 0.2) is 9.84 Å². The Morgan fingerprint density at radius 2 is 1.83 bits per heavy atom. The molecule has 5 rings (SSSR count). The Bertz CT molecular complexity index is 1230. The van der Waals surface area contributed by atoms with Crippen LogP contribution in [-0.2, 0) is 21.2 Å². The number of rotatable bonds is 4. The quantitative estimate of drug-likeness (QED) is 0.642. The molecule has 0 N–H and O–H groups in total. The Kier molecular flexibility index (Phi) is 4.47. The lowest BCUT2D eigenvalue weighted by Crippen LogP contribution is -2.37. The predicted molar refractivity (Wildman–Crippen MR) is 114 cm³/mol. The lowest BCUT2D eigenvalue weighted by Gasteiger charge is -2.25. The average Bonchev–Trinajstić information content (AvgIpc) is 3.27. The van der Waals surface area contributed by atoms with E-state index in [1.54, 1.807) is 24.3 Å². The molecule has 7 nitrogen and oxygen atoms in total. The first-order valence-electron chi connectivity index (χ1n) is 9.97. The number of aromatic nitrogens is 2. The summed E-state index contributed by atoms with van der Waals surface area (Å²) < 4.78 is 23.3. The third kappa shape index (κ3) is 3.31. The summed E-state index contributed by atoms with van der Waals surface area (Å²) in [5.41, 5.74) is 1.83. The first-order valence-corrected chi connectivity index (χ1v) is 11.9. The van der Waals surface area contributed by atoms with E-state index < -0.39 is 9.84 Å². The molecule has 0 radical (unpaired) electrons. The summed E-state index contributed by atoms with van der Waals surface area (Å²) >= 11 is 0. The molecule has 0 bridgehead atoms. The summed E-state index contributed by atoms with van der Waals surface area (Å²) in [7, 11) is -3.23. The van der Waals surface area contributed by atoms with Crippen LogP contribution in [0.15, 0.2) is 59.6 Å². The minimum absolute atomic E-state index is 0.0638. The third-order valence-electron chi connectivity index (χ3n) is 6.05. The largest absolute Gasteiger partial charge is 0.335 e. The summed E-state index contributed by atoms with van der Waals surface area (Å²) in [6, 6.07) is 14.8. The van der Waals surface area contributed by atoms with Gasteiger partial charge in [0.2, 0.25) is 11.9 Å². The number of hydrogen-bond acceptors (Lipinski definition) is 6. The van der Waals surface area contributed by atoms with Crippen molar-refractivity contribution in [2.24, 2.45) is 0 Å². The van der Waals surface area contributed by atoms with Crippen LogP contribution in [0.4, 0.5) is 5.95 Å². The third-order valence-corrected chi connectivity index (χ3v) is 7.18. The van der Waals surface area contributed by atoms with E-state index in [4.69, 9.17) is 4.98 Å². The molecule has 2 aromatic carbocycles. The fourth-order valence-electron chi connectivity index (χ4n) is 4.52. The van der Waals surface area contributed by atoms with Gasteiger partial charge in [0.25, 0.3) is 0 Å². The molecule has 1 aromatic heterocycles. The average molecular weight is 423 g/mol. The number of benzene rings is 2. The zero-order valence-corrected chi connectivity index (χ0v) is 17.4. The van der Waals surface area contributed by atoms with Crippen molar-refractivity contribution in [3.05, 3.63) is 60.3 Å². The van der Waals surface area contributed by atoms with Crippen LogP contribution in [0.1, 0.15) is 18.4 Å². The number of anilines is 1. The van der Waals surface area contributed by atoms with Gasteiger partial charge < -0.3 is 9.80 Å². The molecule has 1 amide bonds. The maximum atomic E-state index is 12.8. The van der Waals surface area contributed by atoms with Crippen molar-refractivity contribution in [1.29, 1.82) is 0 Å². The predicted octanol–water partition coefficient (Wildman–Crippen LogP) is 2.41. The molecule has 2 aliphatic heterocycles. The Morgan fingerprint density at radius 3 is 2.60 bits per heavy atom. The lowest BCUT2D eigenvalue weighted by molar-refractivity contribution is -0.129. The molecule has 154 valence electrons. The fraction of sp³-hybridized carbons (Fsp3) is 0.318. The van der Waals surface area contributed by atoms with Crippen molar-refractivity contribution in [1.82, 2.24) is 14.9 Å². The van der Waals surface area contributed by atoms with Gasteiger partial charge in [-0.25, -0.2) is 18.4 Å². The molecule has 3 heterocycles. The van der Waals surface area contributed by atoms with E-state index in [0.717, 1.165) is 29.4 Å². The van der Waals surface area contributed by atoms with Gasteiger partial charge in [-0.1, -0.05) is 30.3 Å². The number of sulfone groups is 1. The molecular formula is C22H22N4O3S. The van der Waals surface area contributed by atoms with Crippen molar-refractivity contribution in [3.63, 3.8) is 0 Å². The van der Waals surface area contributed by atoms with E-state index in [9.17, 15) is 13.2 Å². The maximum Gasteiger partial charge on any atom is 0.226 e. The van der Waals surface area contributed by atoms with Gasteiger partial charge in [0.05, 0.1) is 22.5 Å². The standard InChI is InChI=1S/C22H22N4O3S/c1-30(28,29)17-8-6-15(7-9-17)14-26-19-10-11-25(20(19)12-21(26)27)22-23-13-16-4-2-3-5-18(16)24-22/h2-9,13,19-20H,10-12,14H2,1H3/t19-,20-/m0/s1. The van der Waals surface area contributed by atoms with Crippen molar-refractivity contribution in [2.75, 3.05) is 17.7 Å². The van der Waals surface area contributed by atoms with Crippen LogP contribution < -0.4 is 4.90 Å². The molecular weight excluding hydrogens is 400 g/mol. The van der Waals surface area contributed by atoms with Gasteiger partial charge in [-0.05, 0) is 30.2 Å². The topological polar surface area (TPSA) is 83.5 Å². The highest BCUT2D eigenvalue weighted by atomic mass is 32.2. The van der Waals surface area contributed by atoms with Crippen molar-refractivity contribution < 1.29 is 13.2 Å². The van der Waals surface area contributed by atoms with E-state index in [2.05, 4.69) is 9.88 Å². The molecule has 2 atom stereocenters. The van der Waals surface area contributed by atoms with Gasteiger partial charge in [-0.2, -0.15) is 0 Å². The number of carbonyl (C=O) groups excluding carboxylic acids is 1. The van der Waals surface area contributed by atoms with Crippen LogP contribution in [0.2, 0.25) is 0 Å². The molecule has 2 saturated heterocycles. The molecule has 3 aromatic rings. The molecule has 0 aliphatic carbocycles. The van der Waals surface area contributed by atoms with E-state index in [-0.39, 0.29) is 22.9 Å². The Hall–Kier alpha value is -3.00. The Balaban J connectivity index is 1.36. The highest BCUT2D eigenvalue weighted by molar-refractivity contribution is 7.90. The van der Waals surface area contributed by atoms with E-state index >= 15 is 0 Å². The number of amides is 1. The van der Waals surface area contributed by atoms with E-state index in [0.29, 0.717) is 18.9 Å². The second kappa shape index (κ2) is 7.05. The molecule has 2 fully saturated rings. The van der Waals surface area contributed by atoms with Crippen molar-refractivity contribution in [2.45, 2.75) is 36.4 Å². The highest BCUT2D eigenvalue weighted by Crippen LogP contribution is 2.35. The first-order chi connectivity index (χ1) is 14.4. The van der Waals surface area contributed by atoms with E-state index in [1.165, 1.54) is 6.26 Å². The van der Waals surface area contributed by atoms with Crippen LogP contribution in [0, 0.1) is 0 Å². The number of likely N-dealkylation sites (tertiary alicyclic amines) is 1. The minimum atomic E-state index is -3.23. The summed E-state index contributed by atoms with van der Waals surface area (Å²) in [6.45, 7) is 1.29. The first kappa shape index (κ1) is 19.0. The number of nitrogens with zero attached hydrogens (tertiary/aromatic N) is 4. The molecule has 0 spiro atoms. The summed E-state index contributed by atoms with van der Waals surface area (Å²) in [5.74, 6) is 0.788. The van der Waals surface area contributed by atoms with Gasteiger partial charge in [0, 0.05) is 37.3 Å². The maximum absolute atomic E-state index is 12.8. The van der Waals surface area contributed by atoms with Crippen molar-refractivity contribution in [3.8, 4) is 0 Å². The van der Waals surface area contributed by atoms with Crippen LogP contribution in [0.5, 0.6) is 0 Å². The molecule has 8 heteroatoms. The van der Waals surface area contributed by atoms with Gasteiger partial charge in [-0.15, -0.1) is 0 Å². The zero-order chi connectivity index (χ0) is 20.9. The monoisotopic (exact) mass is 422 g/mol. The SMILES string of the molecule is CS(=O)(=O)c1ccc(CN2C(=O)C[C@H]3[C@@H]2CCN3c2ncc3ccccc3n2)cc1. The molecule has 2 aliphatic rings. The highest BCUT2D eigenvalue weighted by Gasteiger charge is 2.47. The fourth-order valence-corrected chi connectivity index (χ4v) is 5.15. The minimum Gasteiger partial charge on any atom is -0.335 e. The van der Waals surface area contributed by atoms with E-state index in [1.807, 2.05) is 35.4 Å². The van der Waals surface area contributed by atoms with Gasteiger partial charge in [-0.3, -0.25) is 4.79 Å². The summed E-state index contributed by atoms with van der Waals surface area (Å²) in [6.07, 6.45) is 4.34. The molecule has 0 saturated carbocycles. The number of para-hydroxylation sites is 1. The van der Waals surface area contributed by atoms with Crippen LogP contribution in [-0.4, -0.2) is 54.1 Å². The van der Waals surface area contributed by atoms with Gasteiger partial charge >= 0.3 is 0 Å². The van der Waals surface area contributed by atoms with Crippen LogP contribution in [0.25, 0.3) is 10.9 Å². The zero-order valence-electron chi connectivity index (χ0n) is 16.6. The second-order valence-corrected chi connectivity index (χ2v) is 10.0. The molecule has 30 heavy (non-hydrogen) atoms. The number of carbonyl (C=O) groups is 1. The number of hydrogen-bond donors (Lipinski definition) is 0. The number of fused-ring (bicyclic) bond motifs is 2. The second-order valence-electron chi connectivity index (χ2n) is 7.99. The van der Waals surface area contributed by atoms with Crippen LogP contribution in [0.3, 0.4) is 0 Å². The van der Waals surface area contributed by atoms with Crippen molar-refractivity contribution >= 4 is 32.6 Å². The summed E-state index contributed by atoms with van der Waals surface area (Å²) in [5, 5.41) is 0.999. The Morgan fingerprint density at radius 1 is 1.07 bits per heavy atom. The van der Waals surface area contributed by atoms with Crippen LogP contribution >= 0.6 is 0 Å². The van der Waals surface area contributed by atoms with Gasteiger partial charge in [0.1, 0.15) is 0 Å². The molecule has 0 unspecified atom stereocenters.